The molecule has 0 unspecified atom stereocenters. The molecule has 132 valence electrons. The first-order valence-electron chi connectivity index (χ1n) is 9.03. The third kappa shape index (κ3) is 3.42. The summed E-state index contributed by atoms with van der Waals surface area (Å²) in [6.45, 7) is 3.28. The van der Waals surface area contributed by atoms with Crippen molar-refractivity contribution in [2.75, 3.05) is 19.6 Å². The Morgan fingerprint density at radius 3 is 2.50 bits per heavy atom. The molecule has 5 heteroatoms. The Morgan fingerprint density at radius 2 is 1.85 bits per heavy atom. The number of fused-ring (bicyclic) bond motifs is 3. The molecule has 0 spiro atoms. The second-order valence-corrected chi connectivity index (χ2v) is 6.95. The zero-order valence-electron chi connectivity index (χ0n) is 14.5. The Labute approximate surface area is 153 Å². The number of nitrogens with one attached hydrogen (secondary N) is 1. The van der Waals surface area contributed by atoms with Gasteiger partial charge in [0.05, 0.1) is 5.56 Å². The fourth-order valence-corrected chi connectivity index (χ4v) is 3.83. The monoisotopic (exact) mass is 347 g/mol. The smallest absolute Gasteiger partial charge is 0.251 e. The van der Waals surface area contributed by atoms with Crippen molar-refractivity contribution in [3.8, 4) is 17.6 Å². The number of hydrogen-bond donors (Lipinski definition) is 1. The van der Waals surface area contributed by atoms with Crippen molar-refractivity contribution in [2.45, 2.75) is 18.9 Å². The van der Waals surface area contributed by atoms with Gasteiger partial charge in [0, 0.05) is 18.2 Å². The number of para-hydroxylation sites is 1. The molecule has 5 nitrogen and oxygen atoms in total. The van der Waals surface area contributed by atoms with Crippen LogP contribution in [0.25, 0.3) is 0 Å². The van der Waals surface area contributed by atoms with Gasteiger partial charge in [-0.2, -0.15) is 5.26 Å². The van der Waals surface area contributed by atoms with Gasteiger partial charge in [-0.1, -0.05) is 12.1 Å². The van der Waals surface area contributed by atoms with Crippen molar-refractivity contribution >= 4 is 5.91 Å². The van der Waals surface area contributed by atoms with Crippen LogP contribution in [0.5, 0.6) is 11.5 Å². The molecule has 0 aromatic heterocycles. The van der Waals surface area contributed by atoms with Crippen molar-refractivity contribution < 1.29 is 9.53 Å². The van der Waals surface area contributed by atoms with E-state index in [0.29, 0.717) is 28.5 Å². The third-order valence-corrected chi connectivity index (χ3v) is 5.32. The first kappa shape index (κ1) is 16.6. The number of carbonyl (C=O) groups excluding carboxylic acids is 1. The third-order valence-electron chi connectivity index (χ3n) is 5.32. The lowest BCUT2D eigenvalue weighted by Crippen LogP contribution is -2.57. The highest BCUT2D eigenvalue weighted by Gasteiger charge is 2.34. The molecule has 0 saturated carbocycles. The summed E-state index contributed by atoms with van der Waals surface area (Å²) in [5, 5.41) is 12.3. The molecule has 5 rings (SSSR count). The fourth-order valence-electron chi connectivity index (χ4n) is 3.83. The van der Waals surface area contributed by atoms with Crippen LogP contribution in [-0.2, 0) is 0 Å². The van der Waals surface area contributed by atoms with Gasteiger partial charge in [0.15, 0.2) is 0 Å². The Bertz CT molecular complexity index is 833. The molecule has 3 heterocycles. The molecular formula is C21H21N3O2. The van der Waals surface area contributed by atoms with E-state index in [2.05, 4.69) is 16.3 Å². The maximum Gasteiger partial charge on any atom is 0.251 e. The fraction of sp³-hybridized carbons (Fsp3) is 0.333. The molecule has 2 bridgehead atoms. The summed E-state index contributed by atoms with van der Waals surface area (Å²) < 4.78 is 5.76. The lowest BCUT2D eigenvalue weighted by molar-refractivity contribution is 0.0620. The SMILES string of the molecule is N#Cc1ccccc1Oc1ccc(C(=O)N[C@H]2CN3CCC2CC3)cc1. The quantitative estimate of drug-likeness (QED) is 0.922. The van der Waals surface area contributed by atoms with E-state index in [4.69, 9.17) is 10.00 Å². The lowest BCUT2D eigenvalue weighted by Gasteiger charge is -2.44. The highest BCUT2D eigenvalue weighted by molar-refractivity contribution is 5.94. The molecule has 1 N–H and O–H groups in total. The standard InChI is InChI=1S/C21H21N3O2/c22-13-17-3-1-2-4-20(17)26-18-7-5-16(6-8-18)21(25)23-19-14-24-11-9-15(19)10-12-24/h1-8,15,19H,9-12,14H2,(H,23,25)/t19-/m0/s1. The van der Waals surface area contributed by atoms with Gasteiger partial charge in [0.1, 0.15) is 17.6 Å². The highest BCUT2D eigenvalue weighted by Crippen LogP contribution is 2.28. The van der Waals surface area contributed by atoms with E-state index >= 15 is 0 Å². The maximum absolute atomic E-state index is 12.5. The van der Waals surface area contributed by atoms with Crippen LogP contribution in [0.2, 0.25) is 0 Å². The molecule has 26 heavy (non-hydrogen) atoms. The second kappa shape index (κ2) is 7.19. The summed E-state index contributed by atoms with van der Waals surface area (Å²) in [6.07, 6.45) is 2.35. The van der Waals surface area contributed by atoms with Crippen LogP contribution in [0.15, 0.2) is 48.5 Å². The Kier molecular flexibility index (Phi) is 4.59. The summed E-state index contributed by atoms with van der Waals surface area (Å²) in [6, 6.07) is 16.5. The number of piperidine rings is 3. The average Bonchev–Trinajstić information content (AvgIpc) is 2.70. The van der Waals surface area contributed by atoms with Gasteiger partial charge >= 0.3 is 0 Å². The van der Waals surface area contributed by atoms with Gasteiger partial charge in [-0.05, 0) is 68.2 Å². The van der Waals surface area contributed by atoms with Crippen LogP contribution >= 0.6 is 0 Å². The topological polar surface area (TPSA) is 65.4 Å². The van der Waals surface area contributed by atoms with Gasteiger partial charge < -0.3 is 15.0 Å². The molecule has 3 aliphatic rings. The summed E-state index contributed by atoms with van der Waals surface area (Å²) in [7, 11) is 0. The lowest BCUT2D eigenvalue weighted by atomic mass is 9.84. The van der Waals surface area contributed by atoms with Crippen LogP contribution in [0.3, 0.4) is 0 Å². The molecule has 1 atom stereocenters. The normalized spacial score (nSPS) is 23.9. The molecule has 1 amide bonds. The van der Waals surface area contributed by atoms with E-state index in [-0.39, 0.29) is 11.9 Å². The van der Waals surface area contributed by atoms with E-state index in [9.17, 15) is 4.79 Å². The minimum absolute atomic E-state index is 0.0345. The van der Waals surface area contributed by atoms with E-state index in [1.54, 1.807) is 42.5 Å². The second-order valence-electron chi connectivity index (χ2n) is 6.95. The number of nitriles is 1. The number of carbonyl (C=O) groups is 1. The predicted octanol–water partition coefficient (Wildman–Crippen LogP) is 3.17. The van der Waals surface area contributed by atoms with Crippen LogP contribution < -0.4 is 10.1 Å². The molecule has 0 aliphatic carbocycles. The van der Waals surface area contributed by atoms with Gasteiger partial charge in [0.2, 0.25) is 0 Å². The number of nitrogens with zero attached hydrogens (tertiary/aromatic N) is 2. The molecule has 0 radical (unpaired) electrons. The Hall–Kier alpha value is -2.84. The number of hydrogen-bond acceptors (Lipinski definition) is 4. The van der Waals surface area contributed by atoms with Gasteiger partial charge in [0.25, 0.3) is 5.91 Å². The zero-order valence-corrected chi connectivity index (χ0v) is 14.5. The van der Waals surface area contributed by atoms with Gasteiger partial charge in [-0.3, -0.25) is 4.79 Å². The predicted molar refractivity (Wildman–Crippen MR) is 98.1 cm³/mol. The molecule has 2 aromatic rings. The number of benzene rings is 2. The molecular weight excluding hydrogens is 326 g/mol. The summed E-state index contributed by atoms with van der Waals surface area (Å²) in [5.41, 5.74) is 1.11. The van der Waals surface area contributed by atoms with Crippen LogP contribution in [0.4, 0.5) is 0 Å². The summed E-state index contributed by atoms with van der Waals surface area (Å²) in [4.78, 5) is 15.0. The van der Waals surface area contributed by atoms with Crippen molar-refractivity contribution in [3.63, 3.8) is 0 Å². The summed E-state index contributed by atoms with van der Waals surface area (Å²) >= 11 is 0. The van der Waals surface area contributed by atoms with Crippen molar-refractivity contribution in [2.24, 2.45) is 5.92 Å². The summed E-state index contributed by atoms with van der Waals surface area (Å²) in [5.74, 6) is 1.69. The zero-order chi connectivity index (χ0) is 17.9. The minimum Gasteiger partial charge on any atom is -0.456 e. The van der Waals surface area contributed by atoms with Crippen LogP contribution in [0.1, 0.15) is 28.8 Å². The largest absolute Gasteiger partial charge is 0.456 e. The number of ether oxygens (including phenoxy) is 1. The highest BCUT2D eigenvalue weighted by atomic mass is 16.5. The van der Waals surface area contributed by atoms with E-state index < -0.39 is 0 Å². The number of rotatable bonds is 4. The maximum atomic E-state index is 12.5. The van der Waals surface area contributed by atoms with Crippen molar-refractivity contribution in [3.05, 3.63) is 59.7 Å². The Morgan fingerprint density at radius 1 is 1.12 bits per heavy atom. The molecule has 3 saturated heterocycles. The first-order chi connectivity index (χ1) is 12.7. The minimum atomic E-state index is -0.0345. The van der Waals surface area contributed by atoms with Crippen LogP contribution in [0, 0.1) is 17.2 Å². The van der Waals surface area contributed by atoms with Gasteiger partial charge in [-0.25, -0.2) is 0 Å². The number of amides is 1. The first-order valence-corrected chi connectivity index (χ1v) is 9.03. The van der Waals surface area contributed by atoms with Crippen LogP contribution in [-0.4, -0.2) is 36.5 Å². The van der Waals surface area contributed by atoms with Crippen molar-refractivity contribution in [1.29, 1.82) is 5.26 Å². The molecule has 2 aromatic carbocycles. The van der Waals surface area contributed by atoms with Gasteiger partial charge in [-0.15, -0.1) is 0 Å². The molecule has 3 fully saturated rings. The van der Waals surface area contributed by atoms with E-state index in [1.165, 1.54) is 12.8 Å². The average molecular weight is 347 g/mol. The Balaban J connectivity index is 1.41. The van der Waals surface area contributed by atoms with Crippen molar-refractivity contribution in [1.82, 2.24) is 10.2 Å². The van der Waals surface area contributed by atoms with E-state index in [0.717, 1.165) is 19.6 Å². The molecule has 3 aliphatic heterocycles. The van der Waals surface area contributed by atoms with E-state index in [1.807, 2.05) is 6.07 Å².